The molecule has 0 spiro atoms. The van der Waals surface area contributed by atoms with Crippen molar-refractivity contribution in [1.82, 2.24) is 10.2 Å². The SMILES string of the molecule is CC[C@H](C)NC(=O)[C@H]1CS[C@H](c2ccccc2Cl)N1C(=O)COC. The Kier molecular flexibility index (Phi) is 6.95. The molecule has 5 nitrogen and oxygen atoms in total. The molecule has 2 rings (SSSR count). The fourth-order valence-electron chi connectivity index (χ4n) is 2.57. The van der Waals surface area contributed by atoms with Gasteiger partial charge < -0.3 is 15.0 Å². The van der Waals surface area contributed by atoms with Crippen LogP contribution in [0.25, 0.3) is 0 Å². The highest BCUT2D eigenvalue weighted by atomic mass is 35.5. The molecule has 1 fully saturated rings. The van der Waals surface area contributed by atoms with Gasteiger partial charge in [-0.2, -0.15) is 0 Å². The minimum atomic E-state index is -0.520. The lowest BCUT2D eigenvalue weighted by Gasteiger charge is -2.30. The van der Waals surface area contributed by atoms with E-state index in [4.69, 9.17) is 16.3 Å². The van der Waals surface area contributed by atoms with Crippen LogP contribution < -0.4 is 5.32 Å². The van der Waals surface area contributed by atoms with Gasteiger partial charge in [0.15, 0.2) is 0 Å². The van der Waals surface area contributed by atoms with Crippen molar-refractivity contribution in [3.8, 4) is 0 Å². The normalized spacial score (nSPS) is 21.6. The number of hydrogen-bond donors (Lipinski definition) is 1. The van der Waals surface area contributed by atoms with Crippen molar-refractivity contribution in [1.29, 1.82) is 0 Å². The number of thioether (sulfide) groups is 1. The Morgan fingerprint density at radius 3 is 2.79 bits per heavy atom. The maximum absolute atomic E-state index is 12.6. The zero-order chi connectivity index (χ0) is 17.7. The van der Waals surface area contributed by atoms with E-state index in [0.717, 1.165) is 12.0 Å². The second-order valence-corrected chi connectivity index (χ2v) is 7.30. The molecule has 0 unspecified atom stereocenters. The van der Waals surface area contributed by atoms with Gasteiger partial charge in [0.25, 0.3) is 0 Å². The summed E-state index contributed by atoms with van der Waals surface area (Å²) < 4.78 is 5.00. The molecule has 1 aliphatic rings. The Hall–Kier alpha value is -1.24. The van der Waals surface area contributed by atoms with Gasteiger partial charge in [-0.25, -0.2) is 0 Å². The molecule has 1 N–H and O–H groups in total. The van der Waals surface area contributed by atoms with Crippen LogP contribution in [-0.2, 0) is 14.3 Å². The van der Waals surface area contributed by atoms with Crippen LogP contribution in [0.2, 0.25) is 5.02 Å². The molecule has 0 radical (unpaired) electrons. The van der Waals surface area contributed by atoms with Crippen LogP contribution >= 0.6 is 23.4 Å². The van der Waals surface area contributed by atoms with Crippen molar-refractivity contribution >= 4 is 35.2 Å². The van der Waals surface area contributed by atoms with Crippen LogP contribution in [0.1, 0.15) is 31.2 Å². The van der Waals surface area contributed by atoms with Crippen molar-refractivity contribution in [2.75, 3.05) is 19.5 Å². The summed E-state index contributed by atoms with van der Waals surface area (Å²) in [6.07, 6.45) is 0.839. The van der Waals surface area contributed by atoms with E-state index in [1.165, 1.54) is 7.11 Å². The molecule has 1 aliphatic heterocycles. The number of rotatable bonds is 6. The Balaban J connectivity index is 2.28. The summed E-state index contributed by atoms with van der Waals surface area (Å²) in [6, 6.07) is 6.97. The molecule has 1 heterocycles. The number of hydrogen-bond acceptors (Lipinski definition) is 4. The first-order valence-corrected chi connectivity index (χ1v) is 9.38. The van der Waals surface area contributed by atoms with Crippen LogP contribution in [-0.4, -0.2) is 48.3 Å². The molecule has 132 valence electrons. The minimum absolute atomic E-state index is 0.0609. The summed E-state index contributed by atoms with van der Waals surface area (Å²) in [5.41, 5.74) is 0.840. The third-order valence-corrected chi connectivity index (χ3v) is 5.68. The van der Waals surface area contributed by atoms with E-state index in [0.29, 0.717) is 10.8 Å². The maximum atomic E-state index is 12.6. The highest BCUT2D eigenvalue weighted by Crippen LogP contribution is 2.43. The number of nitrogens with zero attached hydrogens (tertiary/aromatic N) is 1. The molecule has 0 bridgehead atoms. The molecule has 1 saturated heterocycles. The highest BCUT2D eigenvalue weighted by molar-refractivity contribution is 7.99. The van der Waals surface area contributed by atoms with E-state index >= 15 is 0 Å². The van der Waals surface area contributed by atoms with Crippen molar-refractivity contribution < 1.29 is 14.3 Å². The molecule has 1 aromatic rings. The van der Waals surface area contributed by atoms with Gasteiger partial charge in [-0.05, 0) is 19.4 Å². The predicted molar refractivity (Wildman–Crippen MR) is 97.1 cm³/mol. The summed E-state index contributed by atoms with van der Waals surface area (Å²) in [5.74, 6) is 0.195. The number of nitrogens with one attached hydrogen (secondary N) is 1. The second-order valence-electron chi connectivity index (χ2n) is 5.77. The summed E-state index contributed by atoms with van der Waals surface area (Å²) in [7, 11) is 1.47. The van der Waals surface area contributed by atoms with E-state index in [1.54, 1.807) is 22.7 Å². The molecule has 1 aromatic carbocycles. The Labute approximate surface area is 152 Å². The van der Waals surface area contributed by atoms with Crippen LogP contribution in [0.3, 0.4) is 0 Å². The molecule has 24 heavy (non-hydrogen) atoms. The quantitative estimate of drug-likeness (QED) is 0.836. The van der Waals surface area contributed by atoms with Gasteiger partial charge in [0.1, 0.15) is 18.0 Å². The standard InChI is InChI=1S/C17H23ClN2O3S/c1-4-11(2)19-16(22)14-10-24-17(20(14)15(21)9-23-3)12-7-5-6-8-13(12)18/h5-8,11,14,17H,4,9-10H2,1-3H3,(H,19,22)/t11-,14+,17+/m0/s1. The first-order valence-electron chi connectivity index (χ1n) is 7.96. The molecule has 2 amide bonds. The van der Waals surface area contributed by atoms with Crippen molar-refractivity contribution in [3.05, 3.63) is 34.9 Å². The van der Waals surface area contributed by atoms with Gasteiger partial charge in [0.2, 0.25) is 11.8 Å². The zero-order valence-electron chi connectivity index (χ0n) is 14.1. The highest BCUT2D eigenvalue weighted by Gasteiger charge is 2.42. The average Bonchev–Trinajstić information content (AvgIpc) is 3.00. The van der Waals surface area contributed by atoms with Crippen molar-refractivity contribution in [2.45, 2.75) is 37.7 Å². The van der Waals surface area contributed by atoms with Crippen molar-refractivity contribution in [3.63, 3.8) is 0 Å². The Morgan fingerprint density at radius 2 is 2.17 bits per heavy atom. The van der Waals surface area contributed by atoms with Gasteiger partial charge in [0.05, 0.1) is 0 Å². The lowest BCUT2D eigenvalue weighted by atomic mass is 10.1. The lowest BCUT2D eigenvalue weighted by molar-refractivity contribution is -0.143. The van der Waals surface area contributed by atoms with Crippen LogP contribution in [0.5, 0.6) is 0 Å². The van der Waals surface area contributed by atoms with Crippen LogP contribution in [0.15, 0.2) is 24.3 Å². The number of halogens is 1. The van der Waals surface area contributed by atoms with E-state index in [9.17, 15) is 9.59 Å². The fraction of sp³-hybridized carbons (Fsp3) is 0.529. The number of carbonyl (C=O) groups is 2. The molecule has 0 aromatic heterocycles. The Bertz CT molecular complexity index is 599. The van der Waals surface area contributed by atoms with E-state index < -0.39 is 6.04 Å². The summed E-state index contributed by atoms with van der Waals surface area (Å²) >= 11 is 7.85. The number of benzene rings is 1. The van der Waals surface area contributed by atoms with E-state index in [1.807, 2.05) is 32.0 Å². The lowest BCUT2D eigenvalue weighted by Crippen LogP contribution is -2.50. The maximum Gasteiger partial charge on any atom is 0.250 e. The third-order valence-electron chi connectivity index (χ3n) is 4.03. The van der Waals surface area contributed by atoms with Gasteiger partial charge in [0, 0.05) is 29.5 Å². The largest absolute Gasteiger partial charge is 0.375 e. The summed E-state index contributed by atoms with van der Waals surface area (Å²) in [6.45, 7) is 3.90. The molecule has 3 atom stereocenters. The van der Waals surface area contributed by atoms with Gasteiger partial charge in [-0.15, -0.1) is 11.8 Å². The van der Waals surface area contributed by atoms with E-state index in [2.05, 4.69) is 5.32 Å². The van der Waals surface area contributed by atoms with Gasteiger partial charge >= 0.3 is 0 Å². The number of ether oxygens (including phenoxy) is 1. The van der Waals surface area contributed by atoms with Gasteiger partial charge in [-0.1, -0.05) is 36.7 Å². The smallest absolute Gasteiger partial charge is 0.250 e. The summed E-state index contributed by atoms with van der Waals surface area (Å²) in [5, 5.41) is 3.27. The molecule has 7 heteroatoms. The number of carbonyl (C=O) groups excluding carboxylic acids is 2. The van der Waals surface area contributed by atoms with Gasteiger partial charge in [-0.3, -0.25) is 9.59 Å². The molecule has 0 saturated carbocycles. The second kappa shape index (κ2) is 8.74. The molecular formula is C17H23ClN2O3S. The Morgan fingerprint density at radius 1 is 1.46 bits per heavy atom. The third kappa shape index (κ3) is 4.23. The monoisotopic (exact) mass is 370 g/mol. The summed E-state index contributed by atoms with van der Waals surface area (Å²) in [4.78, 5) is 26.8. The number of amides is 2. The fourth-order valence-corrected chi connectivity index (χ4v) is 4.36. The zero-order valence-corrected chi connectivity index (χ0v) is 15.7. The van der Waals surface area contributed by atoms with Crippen LogP contribution in [0, 0.1) is 0 Å². The van der Waals surface area contributed by atoms with Crippen LogP contribution in [0.4, 0.5) is 0 Å². The first kappa shape index (κ1) is 19.1. The molecular weight excluding hydrogens is 348 g/mol. The minimum Gasteiger partial charge on any atom is -0.375 e. The molecule has 0 aliphatic carbocycles. The van der Waals surface area contributed by atoms with E-state index in [-0.39, 0.29) is 29.8 Å². The average molecular weight is 371 g/mol. The first-order chi connectivity index (χ1) is 11.5. The number of methoxy groups -OCH3 is 1. The van der Waals surface area contributed by atoms with Crippen molar-refractivity contribution in [2.24, 2.45) is 0 Å². The predicted octanol–water partition coefficient (Wildman–Crippen LogP) is 2.84. The topological polar surface area (TPSA) is 58.6 Å².